The van der Waals surface area contributed by atoms with Gasteiger partial charge < -0.3 is 10.1 Å². The number of benzene rings is 1. The molecule has 1 spiro atoms. The maximum absolute atomic E-state index is 12.8. The van der Waals surface area contributed by atoms with Crippen molar-refractivity contribution in [3.8, 4) is 5.75 Å². The second-order valence-corrected chi connectivity index (χ2v) is 10.3. The third kappa shape index (κ3) is 3.57. The van der Waals surface area contributed by atoms with E-state index in [1.165, 1.54) is 42.9 Å². The number of carbonyl (C=O) groups is 1. The molecule has 1 saturated heterocycles. The summed E-state index contributed by atoms with van der Waals surface area (Å²) in [6.45, 7) is -2.84. The smallest absolute Gasteiger partial charge is 0.387 e. The van der Waals surface area contributed by atoms with Crippen LogP contribution in [-0.4, -0.2) is 28.1 Å². The van der Waals surface area contributed by atoms with Gasteiger partial charge in [-0.3, -0.25) is 4.79 Å². The SMILES string of the molecule is O=C(Nc1ccc(OC(F)F)cc1)C1C[C@H]2CCC[C@H](C1)C21SCCS1. The van der Waals surface area contributed by atoms with Gasteiger partial charge >= 0.3 is 6.61 Å². The van der Waals surface area contributed by atoms with E-state index in [9.17, 15) is 13.6 Å². The Morgan fingerprint density at radius 3 is 2.31 bits per heavy atom. The molecule has 1 aliphatic heterocycles. The lowest BCUT2D eigenvalue weighted by molar-refractivity contribution is -0.122. The molecular weight excluding hydrogens is 376 g/mol. The van der Waals surface area contributed by atoms with Crippen LogP contribution in [-0.2, 0) is 4.79 Å². The molecule has 1 heterocycles. The molecule has 0 unspecified atom stereocenters. The minimum atomic E-state index is -2.84. The maximum Gasteiger partial charge on any atom is 0.387 e. The van der Waals surface area contributed by atoms with Crippen molar-refractivity contribution in [1.29, 1.82) is 0 Å². The Balaban J connectivity index is 1.40. The number of halogens is 2. The fourth-order valence-corrected chi connectivity index (χ4v) is 8.72. The quantitative estimate of drug-likeness (QED) is 0.752. The molecule has 26 heavy (non-hydrogen) atoms. The van der Waals surface area contributed by atoms with Crippen LogP contribution in [0.4, 0.5) is 14.5 Å². The van der Waals surface area contributed by atoms with E-state index in [4.69, 9.17) is 0 Å². The van der Waals surface area contributed by atoms with Crippen LogP contribution < -0.4 is 10.1 Å². The highest BCUT2D eigenvalue weighted by molar-refractivity contribution is 8.21. The number of rotatable bonds is 4. The molecule has 7 heteroatoms. The highest BCUT2D eigenvalue weighted by Crippen LogP contribution is 2.64. The number of alkyl halides is 2. The first-order chi connectivity index (χ1) is 12.6. The standard InChI is InChI=1S/C19H23F2NO2S2/c20-18(21)24-16-6-4-15(5-7-16)22-17(23)12-10-13-2-1-3-14(11-12)19(13)25-8-9-26-19/h4-7,12-14,18H,1-3,8-11H2,(H,22,23)/t13-,14-/m1/s1. The molecule has 2 aliphatic carbocycles. The van der Waals surface area contributed by atoms with Gasteiger partial charge in [0.2, 0.25) is 5.91 Å². The normalized spacial score (nSPS) is 29.7. The zero-order valence-electron chi connectivity index (χ0n) is 14.5. The average Bonchev–Trinajstić information content (AvgIpc) is 3.05. The van der Waals surface area contributed by atoms with E-state index in [1.807, 2.05) is 0 Å². The third-order valence-corrected chi connectivity index (χ3v) is 9.86. The van der Waals surface area contributed by atoms with Gasteiger partial charge in [0.15, 0.2) is 0 Å². The first-order valence-corrected chi connectivity index (χ1v) is 11.2. The van der Waals surface area contributed by atoms with E-state index in [0.717, 1.165) is 12.8 Å². The van der Waals surface area contributed by atoms with Crippen LogP contribution in [0.5, 0.6) is 5.75 Å². The summed E-state index contributed by atoms with van der Waals surface area (Å²) in [4.78, 5) is 12.8. The molecule has 3 aliphatic rings. The molecule has 142 valence electrons. The summed E-state index contributed by atoms with van der Waals surface area (Å²) >= 11 is 4.28. The first kappa shape index (κ1) is 18.4. The van der Waals surface area contributed by atoms with Gasteiger partial charge in [-0.15, -0.1) is 23.5 Å². The van der Waals surface area contributed by atoms with Crippen molar-refractivity contribution in [3.63, 3.8) is 0 Å². The van der Waals surface area contributed by atoms with Gasteiger partial charge in [0, 0.05) is 23.1 Å². The van der Waals surface area contributed by atoms with E-state index in [1.54, 1.807) is 12.1 Å². The van der Waals surface area contributed by atoms with E-state index < -0.39 is 6.61 Å². The molecule has 2 atom stereocenters. The Morgan fingerprint density at radius 1 is 1.12 bits per heavy atom. The van der Waals surface area contributed by atoms with Crippen molar-refractivity contribution in [1.82, 2.24) is 0 Å². The Labute approximate surface area is 161 Å². The van der Waals surface area contributed by atoms with Crippen molar-refractivity contribution in [2.45, 2.75) is 42.8 Å². The second-order valence-electron chi connectivity index (χ2n) is 7.30. The van der Waals surface area contributed by atoms with E-state index in [-0.39, 0.29) is 17.6 Å². The molecule has 2 saturated carbocycles. The van der Waals surface area contributed by atoms with Gasteiger partial charge in [0.05, 0.1) is 4.08 Å². The van der Waals surface area contributed by atoms with Crippen LogP contribution in [0, 0.1) is 17.8 Å². The summed E-state index contributed by atoms with van der Waals surface area (Å²) in [5.41, 5.74) is 0.631. The zero-order chi connectivity index (χ0) is 18.1. The number of hydrogen-bond donors (Lipinski definition) is 1. The first-order valence-electron chi connectivity index (χ1n) is 9.20. The number of nitrogens with one attached hydrogen (secondary N) is 1. The molecule has 0 radical (unpaired) electrons. The number of ether oxygens (including phenoxy) is 1. The molecular formula is C19H23F2NO2S2. The van der Waals surface area contributed by atoms with Gasteiger partial charge in [0.1, 0.15) is 5.75 Å². The second kappa shape index (κ2) is 7.58. The van der Waals surface area contributed by atoms with Crippen molar-refractivity contribution in [2.24, 2.45) is 17.8 Å². The number of thioether (sulfide) groups is 2. The lowest BCUT2D eigenvalue weighted by Crippen LogP contribution is -2.48. The predicted molar refractivity (Wildman–Crippen MR) is 103 cm³/mol. The third-order valence-electron chi connectivity index (χ3n) is 5.84. The van der Waals surface area contributed by atoms with Gasteiger partial charge in [-0.25, -0.2) is 0 Å². The lowest BCUT2D eigenvalue weighted by Gasteiger charge is -2.52. The summed E-state index contributed by atoms with van der Waals surface area (Å²) in [5, 5.41) is 2.96. The van der Waals surface area contributed by atoms with Crippen molar-refractivity contribution in [3.05, 3.63) is 24.3 Å². The lowest BCUT2D eigenvalue weighted by atomic mass is 9.67. The van der Waals surface area contributed by atoms with Crippen LogP contribution in [0.2, 0.25) is 0 Å². The van der Waals surface area contributed by atoms with E-state index >= 15 is 0 Å². The maximum atomic E-state index is 12.8. The molecule has 3 nitrogen and oxygen atoms in total. The number of anilines is 1. The fraction of sp³-hybridized carbons (Fsp3) is 0.632. The highest BCUT2D eigenvalue weighted by atomic mass is 32.2. The van der Waals surface area contributed by atoms with Gasteiger partial charge in [-0.1, -0.05) is 6.42 Å². The zero-order valence-corrected chi connectivity index (χ0v) is 16.1. The van der Waals surface area contributed by atoms with Crippen molar-refractivity contribution < 1.29 is 18.3 Å². The van der Waals surface area contributed by atoms with E-state index in [2.05, 4.69) is 33.6 Å². The van der Waals surface area contributed by atoms with Crippen LogP contribution >= 0.6 is 23.5 Å². The monoisotopic (exact) mass is 399 g/mol. The number of carbonyl (C=O) groups excluding carboxylic acids is 1. The molecule has 1 N–H and O–H groups in total. The van der Waals surface area contributed by atoms with Gasteiger partial charge in [-0.05, 0) is 61.8 Å². The van der Waals surface area contributed by atoms with Crippen LogP contribution in [0.15, 0.2) is 24.3 Å². The number of hydrogen-bond acceptors (Lipinski definition) is 4. The van der Waals surface area contributed by atoms with E-state index in [0.29, 0.717) is 21.6 Å². The minimum absolute atomic E-state index is 0.0507. The summed E-state index contributed by atoms with van der Waals surface area (Å²) < 4.78 is 29.1. The van der Waals surface area contributed by atoms with Crippen LogP contribution in [0.1, 0.15) is 32.1 Å². The molecule has 3 fully saturated rings. The molecule has 0 aromatic heterocycles. The largest absolute Gasteiger partial charge is 0.435 e. The molecule has 1 aromatic rings. The van der Waals surface area contributed by atoms with Crippen LogP contribution in [0.25, 0.3) is 0 Å². The summed E-state index contributed by atoms with van der Waals surface area (Å²) in [5.74, 6) is 3.95. The Bertz CT molecular complexity index is 633. The molecule has 1 amide bonds. The number of amides is 1. The Hall–Kier alpha value is -0.950. The molecule has 1 aromatic carbocycles. The Kier molecular flexibility index (Phi) is 5.37. The summed E-state index contributed by atoms with van der Waals surface area (Å²) in [6.07, 6.45) is 5.70. The van der Waals surface area contributed by atoms with Gasteiger partial charge in [0.25, 0.3) is 0 Å². The molecule has 4 rings (SSSR count). The topological polar surface area (TPSA) is 38.3 Å². The van der Waals surface area contributed by atoms with Gasteiger partial charge in [-0.2, -0.15) is 8.78 Å². The average molecular weight is 400 g/mol. The fourth-order valence-electron chi connectivity index (χ4n) is 4.79. The Morgan fingerprint density at radius 2 is 1.73 bits per heavy atom. The molecule has 2 bridgehead atoms. The highest BCUT2D eigenvalue weighted by Gasteiger charge is 2.55. The predicted octanol–water partition coefficient (Wildman–Crippen LogP) is 5.23. The summed E-state index contributed by atoms with van der Waals surface area (Å²) in [7, 11) is 0. The summed E-state index contributed by atoms with van der Waals surface area (Å²) in [6, 6.07) is 6.14. The van der Waals surface area contributed by atoms with Crippen LogP contribution in [0.3, 0.4) is 0 Å². The van der Waals surface area contributed by atoms with Crippen molar-refractivity contribution in [2.75, 3.05) is 16.8 Å². The minimum Gasteiger partial charge on any atom is -0.435 e. The van der Waals surface area contributed by atoms with Crippen molar-refractivity contribution >= 4 is 35.1 Å².